The standard InChI is InChI=1S/C22H34N2O3S/c1-5-6-7-17-8-10-18(11-9-17)23-19(25)21-12-14-22(16-21,15-13-21)24-28(26,27)20(2,3)4/h8-11,24H,5-7,12-16H2,1-4H3,(H,23,25). The maximum Gasteiger partial charge on any atom is 0.230 e. The number of fused-ring (bicyclic) bond motifs is 2. The van der Waals surface area contributed by atoms with E-state index in [4.69, 9.17) is 0 Å². The van der Waals surface area contributed by atoms with Crippen molar-refractivity contribution in [1.29, 1.82) is 0 Å². The van der Waals surface area contributed by atoms with Gasteiger partial charge in [-0.25, -0.2) is 13.1 Å². The van der Waals surface area contributed by atoms with Crippen molar-refractivity contribution in [2.45, 2.75) is 89.3 Å². The summed E-state index contributed by atoms with van der Waals surface area (Å²) in [7, 11) is -3.43. The molecule has 2 bridgehead atoms. The number of unbranched alkanes of at least 4 members (excludes halogenated alkanes) is 1. The summed E-state index contributed by atoms with van der Waals surface area (Å²) in [5.74, 6) is 0.0307. The highest BCUT2D eigenvalue weighted by atomic mass is 32.2. The quantitative estimate of drug-likeness (QED) is 0.705. The van der Waals surface area contributed by atoms with E-state index in [1.807, 2.05) is 12.1 Å². The van der Waals surface area contributed by atoms with E-state index in [0.29, 0.717) is 6.42 Å². The Morgan fingerprint density at radius 2 is 1.68 bits per heavy atom. The molecular formula is C22H34N2O3S. The van der Waals surface area contributed by atoms with E-state index in [0.717, 1.165) is 37.8 Å². The first-order valence-electron chi connectivity index (χ1n) is 10.4. The first-order chi connectivity index (χ1) is 13.0. The van der Waals surface area contributed by atoms with E-state index >= 15 is 0 Å². The number of rotatable bonds is 7. The van der Waals surface area contributed by atoms with Gasteiger partial charge in [0.2, 0.25) is 15.9 Å². The Morgan fingerprint density at radius 1 is 1.07 bits per heavy atom. The second-order valence-corrected chi connectivity index (χ2v) is 12.1. The fourth-order valence-corrected chi connectivity index (χ4v) is 5.64. The minimum Gasteiger partial charge on any atom is -0.326 e. The first-order valence-corrected chi connectivity index (χ1v) is 11.9. The number of amides is 1. The fraction of sp³-hybridized carbons (Fsp3) is 0.682. The molecule has 0 radical (unpaired) electrons. The Kier molecular flexibility index (Phi) is 5.67. The van der Waals surface area contributed by atoms with Gasteiger partial charge in [0.25, 0.3) is 0 Å². The summed E-state index contributed by atoms with van der Waals surface area (Å²) in [6.07, 6.45) is 6.92. The smallest absolute Gasteiger partial charge is 0.230 e. The van der Waals surface area contributed by atoms with Gasteiger partial charge in [-0.2, -0.15) is 0 Å². The Hall–Kier alpha value is -1.40. The van der Waals surface area contributed by atoms with Crippen molar-refractivity contribution in [2.24, 2.45) is 5.41 Å². The molecule has 2 N–H and O–H groups in total. The topological polar surface area (TPSA) is 75.3 Å². The molecule has 0 heterocycles. The molecule has 2 aliphatic carbocycles. The molecule has 1 aromatic carbocycles. The molecule has 0 aromatic heterocycles. The number of hydrogen-bond donors (Lipinski definition) is 2. The molecule has 0 aliphatic heterocycles. The van der Waals surface area contributed by atoms with Crippen LogP contribution < -0.4 is 10.0 Å². The number of carbonyl (C=O) groups is 1. The minimum absolute atomic E-state index is 0.0307. The number of nitrogens with one attached hydrogen (secondary N) is 2. The summed E-state index contributed by atoms with van der Waals surface area (Å²) in [5.41, 5.74) is 1.18. The summed E-state index contributed by atoms with van der Waals surface area (Å²) < 4.78 is 27.4. The molecule has 0 spiro atoms. The van der Waals surface area contributed by atoms with Crippen LogP contribution in [0.3, 0.4) is 0 Å². The zero-order chi connectivity index (χ0) is 20.6. The van der Waals surface area contributed by atoms with Gasteiger partial charge in [0.05, 0.1) is 10.2 Å². The molecule has 0 atom stereocenters. The van der Waals surface area contributed by atoms with Crippen LogP contribution in [0, 0.1) is 5.41 Å². The molecule has 2 saturated carbocycles. The van der Waals surface area contributed by atoms with Crippen molar-refractivity contribution in [3.05, 3.63) is 29.8 Å². The van der Waals surface area contributed by atoms with Gasteiger partial charge in [-0.15, -0.1) is 0 Å². The lowest BCUT2D eigenvalue weighted by atomic mass is 9.83. The SMILES string of the molecule is CCCCc1ccc(NC(=O)C23CCC(NS(=O)(=O)C(C)(C)C)(CC2)C3)cc1. The van der Waals surface area contributed by atoms with Crippen molar-refractivity contribution in [1.82, 2.24) is 4.72 Å². The molecular weight excluding hydrogens is 372 g/mol. The van der Waals surface area contributed by atoms with Gasteiger partial charge in [-0.3, -0.25) is 4.79 Å². The number of anilines is 1. The van der Waals surface area contributed by atoms with Crippen LogP contribution in [0.1, 0.15) is 78.2 Å². The summed E-state index contributed by atoms with van der Waals surface area (Å²) in [4.78, 5) is 13.1. The fourth-order valence-electron chi connectivity index (χ4n) is 4.49. The zero-order valence-corrected chi connectivity index (χ0v) is 18.4. The van der Waals surface area contributed by atoms with Crippen LogP contribution in [-0.4, -0.2) is 24.6 Å². The Balaban J connectivity index is 1.66. The lowest BCUT2D eigenvalue weighted by Gasteiger charge is -2.31. The third-order valence-corrected chi connectivity index (χ3v) is 8.82. The predicted octanol–water partition coefficient (Wildman–Crippen LogP) is 4.39. The molecule has 1 amide bonds. The highest BCUT2D eigenvalue weighted by molar-refractivity contribution is 7.90. The maximum absolute atomic E-state index is 13.1. The third-order valence-electron chi connectivity index (χ3n) is 6.51. The van der Waals surface area contributed by atoms with Crippen molar-refractivity contribution < 1.29 is 13.2 Å². The van der Waals surface area contributed by atoms with Crippen LogP contribution in [0.4, 0.5) is 5.69 Å². The molecule has 1 aromatic rings. The Morgan fingerprint density at radius 3 is 2.21 bits per heavy atom. The van der Waals surface area contributed by atoms with Crippen molar-refractivity contribution >= 4 is 21.6 Å². The molecule has 0 saturated heterocycles. The number of benzene rings is 1. The van der Waals surface area contributed by atoms with Crippen molar-refractivity contribution in [3.8, 4) is 0 Å². The number of aryl methyl sites for hydroxylation is 1. The molecule has 3 rings (SSSR count). The van der Waals surface area contributed by atoms with E-state index in [2.05, 4.69) is 29.1 Å². The highest BCUT2D eigenvalue weighted by Gasteiger charge is 2.59. The van der Waals surface area contributed by atoms with Gasteiger partial charge < -0.3 is 5.32 Å². The average Bonchev–Trinajstić information content (AvgIpc) is 3.16. The molecule has 6 heteroatoms. The van der Waals surface area contributed by atoms with E-state index in [1.54, 1.807) is 20.8 Å². The van der Waals surface area contributed by atoms with Crippen LogP contribution in [0.2, 0.25) is 0 Å². The van der Waals surface area contributed by atoms with Gasteiger partial charge >= 0.3 is 0 Å². The van der Waals surface area contributed by atoms with E-state index < -0.39 is 25.7 Å². The summed E-state index contributed by atoms with van der Waals surface area (Å²) in [6, 6.07) is 8.10. The van der Waals surface area contributed by atoms with Gasteiger partial charge in [-0.1, -0.05) is 25.5 Å². The van der Waals surface area contributed by atoms with Crippen molar-refractivity contribution in [2.75, 3.05) is 5.32 Å². The summed E-state index contributed by atoms with van der Waals surface area (Å²) in [6.45, 7) is 7.30. The van der Waals surface area contributed by atoms with E-state index in [9.17, 15) is 13.2 Å². The van der Waals surface area contributed by atoms with Crippen LogP contribution in [0.5, 0.6) is 0 Å². The van der Waals surface area contributed by atoms with E-state index in [-0.39, 0.29) is 5.91 Å². The van der Waals surface area contributed by atoms with Crippen LogP contribution in [0.15, 0.2) is 24.3 Å². The molecule has 2 aliphatic rings. The molecule has 0 unspecified atom stereocenters. The Labute approximate surface area is 169 Å². The van der Waals surface area contributed by atoms with Gasteiger partial charge in [0, 0.05) is 11.2 Å². The monoisotopic (exact) mass is 406 g/mol. The normalized spacial score (nSPS) is 27.1. The summed E-state index contributed by atoms with van der Waals surface area (Å²) in [5, 5.41) is 3.08. The highest BCUT2D eigenvalue weighted by Crippen LogP contribution is 2.57. The second-order valence-electron chi connectivity index (χ2n) is 9.71. The predicted molar refractivity (Wildman–Crippen MR) is 114 cm³/mol. The van der Waals surface area contributed by atoms with Gasteiger partial charge in [0.1, 0.15) is 0 Å². The number of hydrogen-bond acceptors (Lipinski definition) is 3. The maximum atomic E-state index is 13.1. The molecule has 5 nitrogen and oxygen atoms in total. The van der Waals surface area contributed by atoms with Crippen LogP contribution in [0.25, 0.3) is 0 Å². The zero-order valence-electron chi connectivity index (χ0n) is 17.6. The number of carbonyl (C=O) groups excluding carboxylic acids is 1. The van der Waals surface area contributed by atoms with Gasteiger partial charge in [0.15, 0.2) is 0 Å². The molecule has 156 valence electrons. The minimum atomic E-state index is -3.43. The Bertz CT molecular complexity index is 814. The second kappa shape index (κ2) is 7.45. The largest absolute Gasteiger partial charge is 0.326 e. The lowest BCUT2D eigenvalue weighted by Crippen LogP contribution is -2.51. The molecule has 2 fully saturated rings. The van der Waals surface area contributed by atoms with Crippen LogP contribution in [-0.2, 0) is 21.2 Å². The van der Waals surface area contributed by atoms with E-state index in [1.165, 1.54) is 18.4 Å². The number of sulfonamides is 1. The summed E-state index contributed by atoms with van der Waals surface area (Å²) >= 11 is 0. The first kappa shape index (κ1) is 21.3. The van der Waals surface area contributed by atoms with Gasteiger partial charge in [-0.05, 0) is 83.4 Å². The average molecular weight is 407 g/mol. The van der Waals surface area contributed by atoms with Crippen molar-refractivity contribution in [3.63, 3.8) is 0 Å². The molecule has 28 heavy (non-hydrogen) atoms. The van der Waals surface area contributed by atoms with Crippen LogP contribution >= 0.6 is 0 Å². The third kappa shape index (κ3) is 4.13. The lowest BCUT2D eigenvalue weighted by molar-refractivity contribution is -0.125.